The molecular formula is C23H22N4O4. The lowest BCUT2D eigenvalue weighted by Crippen LogP contribution is -2.36. The van der Waals surface area contributed by atoms with Crippen molar-refractivity contribution >= 4 is 16.8 Å². The van der Waals surface area contributed by atoms with Crippen LogP contribution in [0.3, 0.4) is 0 Å². The zero-order valence-corrected chi connectivity index (χ0v) is 17.7. The lowest BCUT2D eigenvalue weighted by molar-refractivity contribution is 0.101. The summed E-state index contributed by atoms with van der Waals surface area (Å²) in [7, 11) is 4.60. The molecule has 0 unspecified atom stereocenters. The van der Waals surface area contributed by atoms with Crippen molar-refractivity contribution < 1.29 is 9.53 Å². The van der Waals surface area contributed by atoms with Gasteiger partial charge in [0.15, 0.2) is 0 Å². The van der Waals surface area contributed by atoms with E-state index in [-0.39, 0.29) is 5.91 Å². The highest BCUT2D eigenvalue weighted by Gasteiger charge is 2.21. The van der Waals surface area contributed by atoms with Crippen LogP contribution in [0.5, 0.6) is 5.75 Å². The highest BCUT2D eigenvalue weighted by molar-refractivity contribution is 6.02. The van der Waals surface area contributed by atoms with E-state index < -0.39 is 11.2 Å². The smallest absolute Gasteiger partial charge is 0.330 e. The van der Waals surface area contributed by atoms with E-state index in [1.807, 2.05) is 31.2 Å². The molecule has 31 heavy (non-hydrogen) atoms. The Morgan fingerprint density at radius 2 is 1.65 bits per heavy atom. The van der Waals surface area contributed by atoms with Crippen LogP contribution in [0.2, 0.25) is 0 Å². The number of benzene rings is 2. The second-order valence-electron chi connectivity index (χ2n) is 7.30. The van der Waals surface area contributed by atoms with Crippen LogP contribution in [0.15, 0.2) is 64.3 Å². The predicted molar refractivity (Wildman–Crippen MR) is 119 cm³/mol. The van der Waals surface area contributed by atoms with Gasteiger partial charge in [-0.1, -0.05) is 24.3 Å². The van der Waals surface area contributed by atoms with Gasteiger partial charge in [0, 0.05) is 25.2 Å². The Bertz CT molecular complexity index is 1430. The van der Waals surface area contributed by atoms with E-state index in [0.717, 1.165) is 15.7 Å². The summed E-state index contributed by atoms with van der Waals surface area (Å²) in [6, 6.07) is 14.3. The summed E-state index contributed by atoms with van der Waals surface area (Å²) in [5.74, 6) is 0.280. The minimum atomic E-state index is -0.438. The quantitative estimate of drug-likeness (QED) is 0.551. The molecule has 8 heteroatoms. The molecule has 4 rings (SSSR count). The third-order valence-corrected chi connectivity index (χ3v) is 5.41. The first-order chi connectivity index (χ1) is 14.8. The van der Waals surface area contributed by atoms with Crippen LogP contribution in [0.25, 0.3) is 22.2 Å². The van der Waals surface area contributed by atoms with E-state index in [1.54, 1.807) is 44.6 Å². The van der Waals surface area contributed by atoms with Crippen LogP contribution in [0, 0.1) is 6.92 Å². The second-order valence-corrected chi connectivity index (χ2v) is 7.30. The van der Waals surface area contributed by atoms with Gasteiger partial charge in [0.25, 0.3) is 11.5 Å². The molecule has 0 aliphatic rings. The highest BCUT2D eigenvalue weighted by Crippen LogP contribution is 2.29. The molecule has 158 valence electrons. The van der Waals surface area contributed by atoms with E-state index in [2.05, 4.69) is 5.43 Å². The van der Waals surface area contributed by atoms with Gasteiger partial charge in [-0.05, 0) is 36.8 Å². The zero-order chi connectivity index (χ0) is 22.3. The standard InChI is InChI=1S/C23H22N4O4/c1-14-7-5-6-8-17(14)20-19-18(25(2)23(30)26(3)22(19)29)13-27(20)24-21(28)15-9-11-16(31-4)12-10-15/h5-13H,1-4H3,(H,24,28). The Hall–Kier alpha value is -4.07. The fraction of sp³-hybridized carbons (Fsp3) is 0.174. The van der Waals surface area contributed by atoms with Crippen LogP contribution in [-0.2, 0) is 14.1 Å². The van der Waals surface area contributed by atoms with Crippen molar-refractivity contribution in [3.05, 3.63) is 86.7 Å². The van der Waals surface area contributed by atoms with E-state index in [4.69, 9.17) is 4.74 Å². The maximum absolute atomic E-state index is 13.1. The molecule has 0 saturated carbocycles. The van der Waals surface area contributed by atoms with Gasteiger partial charge in [-0.25, -0.2) is 4.79 Å². The number of nitrogens with zero attached hydrogens (tertiary/aromatic N) is 3. The number of nitrogens with one attached hydrogen (secondary N) is 1. The molecule has 0 saturated heterocycles. The van der Waals surface area contributed by atoms with Gasteiger partial charge in [0.05, 0.1) is 29.9 Å². The number of rotatable bonds is 4. The number of amides is 1. The molecule has 1 N–H and O–H groups in total. The number of carbonyl (C=O) groups excluding carboxylic acids is 1. The van der Waals surface area contributed by atoms with Gasteiger partial charge >= 0.3 is 5.69 Å². The molecule has 2 aromatic heterocycles. The second kappa shape index (κ2) is 7.64. The number of aryl methyl sites for hydroxylation is 2. The van der Waals surface area contributed by atoms with Crippen LogP contribution in [0.1, 0.15) is 15.9 Å². The Morgan fingerprint density at radius 3 is 2.29 bits per heavy atom. The topological polar surface area (TPSA) is 87.3 Å². The lowest BCUT2D eigenvalue weighted by Gasteiger charge is -2.13. The molecular weight excluding hydrogens is 396 g/mol. The number of methoxy groups -OCH3 is 1. The summed E-state index contributed by atoms with van der Waals surface area (Å²) < 4.78 is 9.12. The average Bonchev–Trinajstić information content (AvgIpc) is 3.15. The summed E-state index contributed by atoms with van der Waals surface area (Å²) >= 11 is 0. The molecule has 0 aliphatic heterocycles. The van der Waals surface area contributed by atoms with Crippen LogP contribution >= 0.6 is 0 Å². The molecule has 8 nitrogen and oxygen atoms in total. The van der Waals surface area contributed by atoms with Gasteiger partial charge in [-0.3, -0.25) is 28.8 Å². The minimum Gasteiger partial charge on any atom is -0.497 e. The fourth-order valence-corrected chi connectivity index (χ4v) is 3.65. The molecule has 2 heterocycles. The molecule has 2 aromatic carbocycles. The molecule has 1 amide bonds. The number of aromatic nitrogens is 3. The third-order valence-electron chi connectivity index (χ3n) is 5.41. The molecule has 0 spiro atoms. The molecule has 0 atom stereocenters. The largest absolute Gasteiger partial charge is 0.497 e. The first-order valence-electron chi connectivity index (χ1n) is 9.66. The van der Waals surface area contributed by atoms with Crippen molar-refractivity contribution in [2.45, 2.75) is 6.92 Å². The van der Waals surface area contributed by atoms with Crippen molar-refractivity contribution in [2.75, 3.05) is 12.5 Å². The summed E-state index contributed by atoms with van der Waals surface area (Å²) in [4.78, 5) is 38.4. The van der Waals surface area contributed by atoms with Gasteiger partial charge in [0.1, 0.15) is 5.75 Å². The SMILES string of the molecule is COc1ccc(C(=O)Nn2cc3c(c2-c2ccccc2C)c(=O)n(C)c(=O)n3C)cc1. The maximum Gasteiger partial charge on any atom is 0.330 e. The summed E-state index contributed by atoms with van der Waals surface area (Å²) in [6.07, 6.45) is 1.60. The number of carbonyl (C=O) groups is 1. The monoisotopic (exact) mass is 418 g/mol. The van der Waals surface area contributed by atoms with Crippen LogP contribution < -0.4 is 21.4 Å². The lowest BCUT2D eigenvalue weighted by atomic mass is 10.0. The Kier molecular flexibility index (Phi) is 4.98. The Morgan fingerprint density at radius 1 is 0.968 bits per heavy atom. The van der Waals surface area contributed by atoms with E-state index in [9.17, 15) is 14.4 Å². The maximum atomic E-state index is 13.1. The molecule has 0 aliphatic carbocycles. The number of fused-ring (bicyclic) bond motifs is 1. The zero-order valence-electron chi connectivity index (χ0n) is 17.7. The Balaban J connectivity index is 1.95. The van der Waals surface area contributed by atoms with Crippen LogP contribution in [-0.4, -0.2) is 26.8 Å². The molecule has 0 fully saturated rings. The van der Waals surface area contributed by atoms with Crippen molar-refractivity contribution in [1.82, 2.24) is 13.8 Å². The van der Waals surface area contributed by atoms with Gasteiger partial charge < -0.3 is 4.74 Å². The summed E-state index contributed by atoms with van der Waals surface area (Å²) in [5.41, 5.74) is 5.07. The summed E-state index contributed by atoms with van der Waals surface area (Å²) in [5, 5.41) is 0.355. The molecule has 4 aromatic rings. The Labute approximate surface area is 177 Å². The van der Waals surface area contributed by atoms with Crippen molar-refractivity contribution in [3.63, 3.8) is 0 Å². The van der Waals surface area contributed by atoms with E-state index in [0.29, 0.717) is 27.9 Å². The third kappa shape index (κ3) is 3.31. The van der Waals surface area contributed by atoms with Crippen molar-refractivity contribution in [2.24, 2.45) is 14.1 Å². The minimum absolute atomic E-state index is 0.355. The first kappa shape index (κ1) is 20.2. The van der Waals surface area contributed by atoms with Crippen molar-refractivity contribution in [1.29, 1.82) is 0 Å². The van der Waals surface area contributed by atoms with E-state index in [1.165, 1.54) is 16.3 Å². The van der Waals surface area contributed by atoms with Gasteiger partial charge in [-0.15, -0.1) is 0 Å². The fourth-order valence-electron chi connectivity index (χ4n) is 3.65. The van der Waals surface area contributed by atoms with Gasteiger partial charge in [-0.2, -0.15) is 0 Å². The number of ether oxygens (including phenoxy) is 1. The van der Waals surface area contributed by atoms with Gasteiger partial charge in [0.2, 0.25) is 0 Å². The first-order valence-corrected chi connectivity index (χ1v) is 9.66. The summed E-state index contributed by atoms with van der Waals surface area (Å²) in [6.45, 7) is 1.93. The predicted octanol–water partition coefficient (Wildman–Crippen LogP) is 2.41. The molecule has 0 bridgehead atoms. The number of hydrogen-bond donors (Lipinski definition) is 1. The normalized spacial score (nSPS) is 11.0. The molecule has 0 radical (unpaired) electrons. The van der Waals surface area contributed by atoms with Crippen molar-refractivity contribution in [3.8, 4) is 17.0 Å². The highest BCUT2D eigenvalue weighted by atomic mass is 16.5. The van der Waals surface area contributed by atoms with E-state index >= 15 is 0 Å². The average molecular weight is 418 g/mol. The van der Waals surface area contributed by atoms with Crippen LogP contribution in [0.4, 0.5) is 0 Å². The number of hydrogen-bond acceptors (Lipinski definition) is 4.